The molecule has 0 saturated heterocycles. The van der Waals surface area contributed by atoms with Crippen LogP contribution in [0.2, 0.25) is 0 Å². The van der Waals surface area contributed by atoms with Gasteiger partial charge >= 0.3 is 0 Å². The van der Waals surface area contributed by atoms with E-state index in [9.17, 15) is 0 Å². The molecule has 0 aliphatic rings. The van der Waals surface area contributed by atoms with Gasteiger partial charge in [0.15, 0.2) is 11.5 Å². The van der Waals surface area contributed by atoms with Gasteiger partial charge in [-0.1, -0.05) is 36.4 Å². The first kappa shape index (κ1) is 21.2. The second-order valence-electron chi connectivity index (χ2n) is 7.14. The molecule has 158 valence electrons. The van der Waals surface area contributed by atoms with Crippen LogP contribution in [-0.4, -0.2) is 25.0 Å². The van der Waals surface area contributed by atoms with Crippen molar-refractivity contribution in [3.8, 4) is 11.5 Å². The van der Waals surface area contributed by atoms with Gasteiger partial charge in [-0.15, -0.1) is 0 Å². The van der Waals surface area contributed by atoms with Gasteiger partial charge in [-0.3, -0.25) is 0 Å². The molecule has 0 aliphatic heterocycles. The summed E-state index contributed by atoms with van der Waals surface area (Å²) in [5.74, 6) is 1.43. The fraction of sp³-hybridized carbons (Fsp3) is 0.160. The molecule has 0 fully saturated rings. The van der Waals surface area contributed by atoms with E-state index in [1.54, 1.807) is 14.2 Å². The lowest BCUT2D eigenvalue weighted by Crippen LogP contribution is -2.06. The van der Waals surface area contributed by atoms with Crippen molar-refractivity contribution in [1.29, 1.82) is 0 Å². The summed E-state index contributed by atoms with van der Waals surface area (Å²) >= 11 is 2.33. The number of hydrogen-bond donors (Lipinski definition) is 1. The Morgan fingerprint density at radius 1 is 0.935 bits per heavy atom. The smallest absolute Gasteiger partial charge is 0.161 e. The van der Waals surface area contributed by atoms with E-state index < -0.39 is 0 Å². The summed E-state index contributed by atoms with van der Waals surface area (Å²) in [5.41, 5.74) is 7.75. The van der Waals surface area contributed by atoms with Gasteiger partial charge in [0.05, 0.1) is 27.0 Å². The van der Waals surface area contributed by atoms with Crippen LogP contribution in [0.15, 0.2) is 78.0 Å². The summed E-state index contributed by atoms with van der Waals surface area (Å²) in [6.45, 7) is 1.42. The Morgan fingerprint density at radius 3 is 2.45 bits per heavy atom. The number of methoxy groups -OCH3 is 2. The van der Waals surface area contributed by atoms with Gasteiger partial charge < -0.3 is 19.5 Å². The van der Waals surface area contributed by atoms with E-state index >= 15 is 0 Å². The molecule has 4 aromatic rings. The van der Waals surface area contributed by atoms with Crippen LogP contribution in [0.5, 0.6) is 11.5 Å². The van der Waals surface area contributed by atoms with Crippen molar-refractivity contribution in [2.24, 2.45) is 5.10 Å². The first-order chi connectivity index (χ1) is 15.2. The zero-order chi connectivity index (χ0) is 21.6. The molecule has 0 radical (unpaired) electrons. The first-order valence-electron chi connectivity index (χ1n) is 9.97. The number of ether oxygens (including phenoxy) is 2. The van der Waals surface area contributed by atoms with Gasteiger partial charge in [-0.05, 0) is 64.0 Å². The molecule has 0 atom stereocenters. The highest BCUT2D eigenvalue weighted by atomic mass is 127. The van der Waals surface area contributed by atoms with Crippen molar-refractivity contribution in [2.75, 3.05) is 14.2 Å². The largest absolute Gasteiger partial charge is 0.493 e. The molecule has 3 aromatic carbocycles. The molecule has 0 saturated carbocycles. The lowest BCUT2D eigenvalue weighted by molar-refractivity contribution is 0.354. The molecule has 31 heavy (non-hydrogen) atoms. The topological polar surface area (TPSA) is 47.8 Å². The predicted octanol–water partition coefficient (Wildman–Crippen LogP) is 5.44. The molecule has 4 rings (SSSR count). The summed E-state index contributed by atoms with van der Waals surface area (Å²) < 4.78 is 14.2. The average Bonchev–Trinajstić information content (AvgIpc) is 3.15. The Labute approximate surface area is 195 Å². The molecule has 1 heterocycles. The number of nitrogens with zero attached hydrogens (tertiary/aromatic N) is 2. The molecule has 0 bridgehead atoms. The lowest BCUT2D eigenvalue weighted by atomic mass is 10.2. The normalized spacial score (nSPS) is 11.2. The van der Waals surface area contributed by atoms with E-state index in [-0.39, 0.29) is 0 Å². The zero-order valence-electron chi connectivity index (χ0n) is 17.5. The minimum Gasteiger partial charge on any atom is -0.493 e. The van der Waals surface area contributed by atoms with Crippen LogP contribution in [0, 0.1) is 3.57 Å². The van der Waals surface area contributed by atoms with Crippen molar-refractivity contribution in [3.63, 3.8) is 0 Å². The van der Waals surface area contributed by atoms with Crippen molar-refractivity contribution >= 4 is 39.7 Å². The summed E-state index contributed by atoms with van der Waals surface area (Å²) in [5, 5.41) is 5.64. The number of fused-ring (bicyclic) bond motifs is 1. The van der Waals surface area contributed by atoms with Gasteiger partial charge in [0.25, 0.3) is 0 Å². The fourth-order valence-electron chi connectivity index (χ4n) is 3.54. The monoisotopic (exact) mass is 525 g/mol. The second kappa shape index (κ2) is 9.87. The van der Waals surface area contributed by atoms with E-state index in [2.05, 4.69) is 92.4 Å². The van der Waals surface area contributed by atoms with E-state index in [0.717, 1.165) is 23.4 Å². The van der Waals surface area contributed by atoms with E-state index in [0.29, 0.717) is 12.3 Å². The Bertz CT molecular complexity index is 1200. The van der Waals surface area contributed by atoms with Crippen LogP contribution >= 0.6 is 22.6 Å². The number of aromatic nitrogens is 1. The van der Waals surface area contributed by atoms with Crippen LogP contribution in [-0.2, 0) is 13.1 Å². The fourth-order valence-corrected chi connectivity index (χ4v) is 3.90. The molecule has 0 unspecified atom stereocenters. The molecule has 0 amide bonds. The van der Waals surface area contributed by atoms with Crippen LogP contribution in [0.1, 0.15) is 16.7 Å². The zero-order valence-corrected chi connectivity index (χ0v) is 19.7. The molecular formula is C25H24IN3O2. The van der Waals surface area contributed by atoms with Gasteiger partial charge in [-0.25, -0.2) is 0 Å². The molecule has 1 N–H and O–H groups in total. The SMILES string of the molecule is COc1ccc(CN/N=C\c2cn(Cc3ccc(I)cc3)c3ccccc23)cc1OC. The molecule has 0 aliphatic carbocycles. The summed E-state index contributed by atoms with van der Waals surface area (Å²) in [7, 11) is 3.27. The maximum absolute atomic E-state index is 5.36. The standard InChI is InChI=1S/C25H24IN3O2/c1-30-24-12-9-19(13-25(24)31-2)14-27-28-15-20-17-29(23-6-4-3-5-22(20)23)16-18-7-10-21(26)11-8-18/h3-13,15,17,27H,14,16H2,1-2H3/b28-15-. The summed E-state index contributed by atoms with van der Waals surface area (Å²) in [4.78, 5) is 0. The average molecular weight is 525 g/mol. The third kappa shape index (κ3) is 5.02. The number of benzene rings is 3. The van der Waals surface area contributed by atoms with Crippen LogP contribution in [0.3, 0.4) is 0 Å². The molecule has 1 aromatic heterocycles. The maximum Gasteiger partial charge on any atom is 0.161 e. The minimum atomic E-state index is 0.595. The van der Waals surface area contributed by atoms with E-state index in [1.807, 2.05) is 24.4 Å². The number of halogens is 1. The molecule has 6 heteroatoms. The Hall–Kier alpha value is -3.00. The molecular weight excluding hydrogens is 501 g/mol. The van der Waals surface area contributed by atoms with Crippen LogP contribution in [0.4, 0.5) is 0 Å². The van der Waals surface area contributed by atoms with E-state index in [4.69, 9.17) is 9.47 Å². The van der Waals surface area contributed by atoms with E-state index in [1.165, 1.54) is 20.0 Å². The van der Waals surface area contributed by atoms with Crippen LogP contribution < -0.4 is 14.9 Å². The van der Waals surface area contributed by atoms with Crippen LogP contribution in [0.25, 0.3) is 10.9 Å². The molecule has 0 spiro atoms. The Kier molecular flexibility index (Phi) is 6.76. The number of rotatable bonds is 8. The quantitative estimate of drug-likeness (QED) is 0.190. The van der Waals surface area contributed by atoms with Gasteiger partial charge in [-0.2, -0.15) is 5.10 Å². The number of nitrogens with one attached hydrogen (secondary N) is 1. The highest BCUT2D eigenvalue weighted by Gasteiger charge is 2.07. The first-order valence-corrected chi connectivity index (χ1v) is 11.0. The Balaban J connectivity index is 1.49. The van der Waals surface area contributed by atoms with Crippen molar-refractivity contribution in [2.45, 2.75) is 13.1 Å². The highest BCUT2D eigenvalue weighted by molar-refractivity contribution is 14.1. The van der Waals surface area contributed by atoms with Crippen molar-refractivity contribution in [1.82, 2.24) is 9.99 Å². The summed E-state index contributed by atoms with van der Waals surface area (Å²) in [6, 6.07) is 22.9. The van der Waals surface area contributed by atoms with Gasteiger partial charge in [0.2, 0.25) is 0 Å². The minimum absolute atomic E-state index is 0.595. The predicted molar refractivity (Wildman–Crippen MR) is 134 cm³/mol. The van der Waals surface area contributed by atoms with Crippen molar-refractivity contribution < 1.29 is 9.47 Å². The summed E-state index contributed by atoms with van der Waals surface area (Å²) in [6.07, 6.45) is 4.04. The number of para-hydroxylation sites is 1. The third-order valence-electron chi connectivity index (χ3n) is 5.11. The highest BCUT2D eigenvalue weighted by Crippen LogP contribution is 2.27. The number of hydrazone groups is 1. The maximum atomic E-state index is 5.36. The van der Waals surface area contributed by atoms with Gasteiger partial charge in [0, 0.05) is 32.8 Å². The Morgan fingerprint density at radius 2 is 1.68 bits per heavy atom. The van der Waals surface area contributed by atoms with Gasteiger partial charge in [0.1, 0.15) is 0 Å². The van der Waals surface area contributed by atoms with Crippen molar-refractivity contribution in [3.05, 3.63) is 93.2 Å². The number of hydrogen-bond acceptors (Lipinski definition) is 4. The third-order valence-corrected chi connectivity index (χ3v) is 5.83. The molecule has 5 nitrogen and oxygen atoms in total. The lowest BCUT2D eigenvalue weighted by Gasteiger charge is -2.09. The second-order valence-corrected chi connectivity index (χ2v) is 8.38.